The van der Waals surface area contributed by atoms with Crippen molar-refractivity contribution >= 4 is 17.2 Å². The van der Waals surface area contributed by atoms with Crippen LogP contribution < -0.4 is 5.32 Å². The zero-order valence-electron chi connectivity index (χ0n) is 12.4. The molecule has 2 bridgehead atoms. The third kappa shape index (κ3) is 2.44. The van der Waals surface area contributed by atoms with Crippen LogP contribution in [0.15, 0.2) is 36.5 Å². The van der Waals surface area contributed by atoms with Gasteiger partial charge in [0.1, 0.15) is 9.88 Å². The van der Waals surface area contributed by atoms with E-state index in [4.69, 9.17) is 0 Å². The lowest BCUT2D eigenvalue weighted by Gasteiger charge is -2.27. The van der Waals surface area contributed by atoms with Crippen molar-refractivity contribution in [2.45, 2.75) is 31.3 Å². The van der Waals surface area contributed by atoms with Crippen LogP contribution in [0.3, 0.4) is 0 Å². The molecule has 3 heterocycles. The Balaban J connectivity index is 1.60. The summed E-state index contributed by atoms with van der Waals surface area (Å²) >= 11 is 1.50. The second-order valence-corrected chi connectivity index (χ2v) is 7.02. The molecule has 0 aliphatic carbocycles. The molecule has 0 radical (unpaired) electrons. The summed E-state index contributed by atoms with van der Waals surface area (Å²) in [6.45, 7) is 1.94. The van der Waals surface area contributed by atoms with E-state index in [2.05, 4.69) is 15.2 Å². The average molecular weight is 313 g/mol. The van der Waals surface area contributed by atoms with E-state index in [9.17, 15) is 4.79 Å². The van der Waals surface area contributed by atoms with Crippen LogP contribution in [0, 0.1) is 0 Å². The number of amides is 1. The largest absolute Gasteiger partial charge is 0.331 e. The minimum Gasteiger partial charge on any atom is -0.331 e. The van der Waals surface area contributed by atoms with E-state index in [1.807, 2.05) is 30.3 Å². The molecule has 1 aromatic heterocycles. The number of thiazole rings is 1. The van der Waals surface area contributed by atoms with Crippen LogP contribution in [0.2, 0.25) is 0 Å². The fourth-order valence-corrected chi connectivity index (χ4v) is 4.39. The lowest BCUT2D eigenvalue weighted by atomic mass is 10.1. The monoisotopic (exact) mass is 313 g/mol. The van der Waals surface area contributed by atoms with Gasteiger partial charge in [0.2, 0.25) is 0 Å². The van der Waals surface area contributed by atoms with Crippen LogP contribution in [-0.2, 0) is 0 Å². The Kier molecular flexibility index (Phi) is 3.68. The van der Waals surface area contributed by atoms with Gasteiger partial charge in [0.05, 0.1) is 6.20 Å². The summed E-state index contributed by atoms with van der Waals surface area (Å²) in [4.78, 5) is 20.3. The third-order valence-electron chi connectivity index (χ3n) is 4.63. The van der Waals surface area contributed by atoms with Gasteiger partial charge in [-0.3, -0.25) is 4.79 Å². The molecule has 114 valence electrons. The predicted octanol–water partition coefficient (Wildman–Crippen LogP) is 2.78. The maximum Gasteiger partial charge on any atom is 0.266 e. The normalized spacial score (nSPS) is 24.3. The first-order valence-electron chi connectivity index (χ1n) is 7.87. The summed E-state index contributed by atoms with van der Waals surface area (Å²) in [6.07, 6.45) is 5.07. The van der Waals surface area contributed by atoms with Gasteiger partial charge in [0.25, 0.3) is 5.91 Å². The number of nitrogens with zero attached hydrogens (tertiary/aromatic N) is 2. The van der Waals surface area contributed by atoms with E-state index in [0.717, 1.165) is 47.8 Å². The Bertz CT molecular complexity index is 656. The highest BCUT2D eigenvalue weighted by molar-refractivity contribution is 7.16. The fourth-order valence-electron chi connectivity index (χ4n) is 3.53. The van der Waals surface area contributed by atoms with Crippen molar-refractivity contribution in [1.29, 1.82) is 0 Å². The minimum absolute atomic E-state index is 0.163. The van der Waals surface area contributed by atoms with Gasteiger partial charge in [-0.2, -0.15) is 0 Å². The summed E-state index contributed by atoms with van der Waals surface area (Å²) < 4.78 is 0. The standard InChI is InChI=1S/C17H19N3OS/c21-17(20-13-6-7-14(20)10-18-9-8-13)15-11-19-16(22-15)12-4-2-1-3-5-12/h1-5,11,13-14,18H,6-10H2. The van der Waals surface area contributed by atoms with Crippen molar-refractivity contribution in [2.75, 3.05) is 13.1 Å². The van der Waals surface area contributed by atoms with E-state index in [0.29, 0.717) is 12.1 Å². The summed E-state index contributed by atoms with van der Waals surface area (Å²) in [5.74, 6) is 0.163. The van der Waals surface area contributed by atoms with Crippen molar-refractivity contribution in [2.24, 2.45) is 0 Å². The summed E-state index contributed by atoms with van der Waals surface area (Å²) in [7, 11) is 0. The smallest absolute Gasteiger partial charge is 0.266 e. The molecular weight excluding hydrogens is 294 g/mol. The molecule has 1 N–H and O–H groups in total. The zero-order chi connectivity index (χ0) is 14.9. The van der Waals surface area contributed by atoms with Gasteiger partial charge in [-0.15, -0.1) is 11.3 Å². The van der Waals surface area contributed by atoms with Crippen LogP contribution in [0.5, 0.6) is 0 Å². The van der Waals surface area contributed by atoms with Crippen molar-refractivity contribution in [3.05, 3.63) is 41.4 Å². The van der Waals surface area contributed by atoms with E-state index in [-0.39, 0.29) is 5.91 Å². The SMILES string of the molecule is O=C(c1cnc(-c2ccccc2)s1)N1C2CCNCC1CC2. The number of carbonyl (C=O) groups excluding carboxylic acids is 1. The van der Waals surface area contributed by atoms with Gasteiger partial charge in [-0.05, 0) is 25.8 Å². The highest BCUT2D eigenvalue weighted by Gasteiger charge is 2.38. The maximum atomic E-state index is 12.9. The second-order valence-electron chi connectivity index (χ2n) is 5.99. The number of benzene rings is 1. The number of aromatic nitrogens is 1. The van der Waals surface area contributed by atoms with Crippen LogP contribution in [0.4, 0.5) is 0 Å². The summed E-state index contributed by atoms with van der Waals surface area (Å²) in [5, 5.41) is 4.36. The summed E-state index contributed by atoms with van der Waals surface area (Å²) in [5.41, 5.74) is 1.08. The first-order valence-corrected chi connectivity index (χ1v) is 8.69. The molecule has 2 unspecified atom stereocenters. The van der Waals surface area contributed by atoms with Gasteiger partial charge in [-0.25, -0.2) is 4.98 Å². The van der Waals surface area contributed by atoms with Crippen molar-refractivity contribution in [3.8, 4) is 10.6 Å². The topological polar surface area (TPSA) is 45.2 Å². The molecule has 2 aliphatic heterocycles. The molecule has 2 aromatic rings. The van der Waals surface area contributed by atoms with Crippen LogP contribution in [-0.4, -0.2) is 41.0 Å². The number of rotatable bonds is 2. The highest BCUT2D eigenvalue weighted by atomic mass is 32.1. The molecule has 2 atom stereocenters. The molecule has 0 saturated carbocycles. The number of fused-ring (bicyclic) bond motifs is 2. The predicted molar refractivity (Wildman–Crippen MR) is 88.0 cm³/mol. The lowest BCUT2D eigenvalue weighted by molar-refractivity contribution is 0.0685. The number of hydrogen-bond donors (Lipinski definition) is 1. The van der Waals surface area contributed by atoms with Gasteiger partial charge in [0.15, 0.2) is 0 Å². The number of nitrogens with one attached hydrogen (secondary N) is 1. The van der Waals surface area contributed by atoms with Gasteiger partial charge < -0.3 is 10.2 Å². The summed E-state index contributed by atoms with van der Waals surface area (Å²) in [6, 6.07) is 10.8. The second kappa shape index (κ2) is 5.82. The lowest BCUT2D eigenvalue weighted by Crippen LogP contribution is -2.42. The van der Waals surface area contributed by atoms with Gasteiger partial charge in [-0.1, -0.05) is 30.3 Å². The highest BCUT2D eigenvalue weighted by Crippen LogP contribution is 2.32. The van der Waals surface area contributed by atoms with E-state index >= 15 is 0 Å². The number of hydrogen-bond acceptors (Lipinski definition) is 4. The van der Waals surface area contributed by atoms with Crippen LogP contribution >= 0.6 is 11.3 Å². The molecule has 5 heteroatoms. The molecule has 2 aliphatic rings. The molecule has 0 spiro atoms. The van der Waals surface area contributed by atoms with E-state index in [1.54, 1.807) is 6.20 Å². The van der Waals surface area contributed by atoms with Crippen molar-refractivity contribution in [1.82, 2.24) is 15.2 Å². The van der Waals surface area contributed by atoms with Gasteiger partial charge in [0, 0.05) is 24.2 Å². The molecule has 2 saturated heterocycles. The minimum atomic E-state index is 0.163. The van der Waals surface area contributed by atoms with E-state index in [1.165, 1.54) is 11.3 Å². The average Bonchev–Trinajstić information content (AvgIpc) is 3.12. The number of carbonyl (C=O) groups is 1. The van der Waals surface area contributed by atoms with Crippen molar-refractivity contribution < 1.29 is 4.79 Å². The van der Waals surface area contributed by atoms with E-state index < -0.39 is 0 Å². The van der Waals surface area contributed by atoms with Crippen LogP contribution in [0.25, 0.3) is 10.6 Å². The molecule has 1 amide bonds. The quantitative estimate of drug-likeness (QED) is 0.927. The zero-order valence-corrected chi connectivity index (χ0v) is 13.2. The molecule has 4 rings (SSSR count). The molecule has 2 fully saturated rings. The molecule has 22 heavy (non-hydrogen) atoms. The Hall–Kier alpha value is -1.72. The Morgan fingerprint density at radius 2 is 2.00 bits per heavy atom. The Morgan fingerprint density at radius 3 is 2.86 bits per heavy atom. The first-order chi connectivity index (χ1) is 10.8. The molecular formula is C17H19N3OS. The van der Waals surface area contributed by atoms with Gasteiger partial charge >= 0.3 is 0 Å². The third-order valence-corrected chi connectivity index (χ3v) is 5.66. The molecule has 4 nitrogen and oxygen atoms in total. The Labute approximate surface area is 134 Å². The fraction of sp³-hybridized carbons (Fsp3) is 0.412. The Morgan fingerprint density at radius 1 is 1.18 bits per heavy atom. The first kappa shape index (κ1) is 13.9. The molecule has 1 aromatic carbocycles. The van der Waals surface area contributed by atoms with Crippen LogP contribution in [0.1, 0.15) is 28.9 Å². The van der Waals surface area contributed by atoms with Crippen molar-refractivity contribution in [3.63, 3.8) is 0 Å². The maximum absolute atomic E-state index is 12.9.